The van der Waals surface area contributed by atoms with Gasteiger partial charge in [0.2, 0.25) is 11.8 Å². The number of hydrogen-bond donors (Lipinski definition) is 1. The first-order valence-corrected chi connectivity index (χ1v) is 6.24. The molecular formula is C13H24N2O2. The Labute approximate surface area is 104 Å². The molecule has 4 nitrogen and oxygen atoms in total. The van der Waals surface area contributed by atoms with Crippen LogP contribution in [0.1, 0.15) is 48.0 Å². The van der Waals surface area contributed by atoms with Crippen LogP contribution in [0.15, 0.2) is 0 Å². The molecule has 1 aliphatic heterocycles. The Morgan fingerprint density at radius 3 is 2.35 bits per heavy atom. The maximum atomic E-state index is 12.3. The standard InChI is InChI=1S/C13H24N2O2/c1-7-12(3,4)8-15-9(2)10(16)14-13(5,6)11(15)17/h9H,7-8H2,1-6H3,(H,14,16). The lowest BCUT2D eigenvalue weighted by molar-refractivity contribution is -0.154. The Bertz CT molecular complexity index is 334. The van der Waals surface area contributed by atoms with E-state index >= 15 is 0 Å². The van der Waals surface area contributed by atoms with Gasteiger partial charge in [0.1, 0.15) is 11.6 Å². The molecular weight excluding hydrogens is 216 g/mol. The van der Waals surface area contributed by atoms with Gasteiger partial charge < -0.3 is 10.2 Å². The molecule has 4 heteroatoms. The molecule has 0 spiro atoms. The third kappa shape index (κ3) is 2.79. The van der Waals surface area contributed by atoms with Gasteiger partial charge in [-0.2, -0.15) is 0 Å². The van der Waals surface area contributed by atoms with E-state index in [9.17, 15) is 9.59 Å². The van der Waals surface area contributed by atoms with Crippen molar-refractivity contribution in [2.75, 3.05) is 6.54 Å². The van der Waals surface area contributed by atoms with Crippen LogP contribution in [0, 0.1) is 5.41 Å². The topological polar surface area (TPSA) is 49.4 Å². The number of piperazine rings is 1. The summed E-state index contributed by atoms with van der Waals surface area (Å²) >= 11 is 0. The molecule has 1 heterocycles. The van der Waals surface area contributed by atoms with Crippen molar-refractivity contribution in [1.29, 1.82) is 0 Å². The van der Waals surface area contributed by atoms with E-state index in [1.807, 2.05) is 0 Å². The van der Waals surface area contributed by atoms with Gasteiger partial charge in [0, 0.05) is 6.54 Å². The summed E-state index contributed by atoms with van der Waals surface area (Å²) in [6, 6.07) is -0.374. The maximum Gasteiger partial charge on any atom is 0.248 e. The molecule has 0 aromatic heterocycles. The van der Waals surface area contributed by atoms with Gasteiger partial charge in [0.15, 0.2) is 0 Å². The fourth-order valence-corrected chi connectivity index (χ4v) is 1.92. The van der Waals surface area contributed by atoms with Crippen LogP contribution < -0.4 is 5.32 Å². The fraction of sp³-hybridized carbons (Fsp3) is 0.846. The molecule has 2 amide bonds. The van der Waals surface area contributed by atoms with Gasteiger partial charge in [-0.05, 0) is 32.6 Å². The largest absolute Gasteiger partial charge is 0.340 e. The quantitative estimate of drug-likeness (QED) is 0.813. The highest BCUT2D eigenvalue weighted by Crippen LogP contribution is 2.26. The summed E-state index contributed by atoms with van der Waals surface area (Å²) in [5.74, 6) is -0.0624. The van der Waals surface area contributed by atoms with Gasteiger partial charge in [-0.3, -0.25) is 9.59 Å². The van der Waals surface area contributed by atoms with E-state index in [4.69, 9.17) is 0 Å². The molecule has 0 aromatic rings. The van der Waals surface area contributed by atoms with Gasteiger partial charge in [-0.1, -0.05) is 20.8 Å². The second-order valence-corrected chi connectivity index (χ2v) is 6.24. The molecule has 1 unspecified atom stereocenters. The SMILES string of the molecule is CCC(C)(C)CN1C(=O)C(C)(C)NC(=O)C1C. The zero-order chi connectivity index (χ0) is 13.4. The van der Waals surface area contributed by atoms with Crippen LogP contribution in [0.5, 0.6) is 0 Å². The van der Waals surface area contributed by atoms with Crippen molar-refractivity contribution in [3.63, 3.8) is 0 Å². The van der Waals surface area contributed by atoms with Crippen molar-refractivity contribution in [3.8, 4) is 0 Å². The Kier molecular flexibility index (Phi) is 3.55. The third-order valence-corrected chi connectivity index (χ3v) is 3.63. The summed E-state index contributed by atoms with van der Waals surface area (Å²) in [5.41, 5.74) is -0.745. The molecule has 0 saturated carbocycles. The predicted octanol–water partition coefficient (Wildman–Crippen LogP) is 1.55. The highest BCUT2D eigenvalue weighted by atomic mass is 16.2. The Morgan fingerprint density at radius 2 is 1.88 bits per heavy atom. The normalized spacial score (nSPS) is 24.8. The molecule has 1 saturated heterocycles. The third-order valence-electron chi connectivity index (χ3n) is 3.63. The summed E-state index contributed by atoms with van der Waals surface area (Å²) in [7, 11) is 0. The number of nitrogens with zero attached hydrogens (tertiary/aromatic N) is 1. The van der Waals surface area contributed by atoms with E-state index in [-0.39, 0.29) is 23.3 Å². The molecule has 1 aliphatic rings. The van der Waals surface area contributed by atoms with Crippen molar-refractivity contribution in [2.24, 2.45) is 5.41 Å². The van der Waals surface area contributed by atoms with E-state index in [1.165, 1.54) is 0 Å². The lowest BCUT2D eigenvalue weighted by atomic mass is 9.87. The molecule has 1 atom stereocenters. The molecule has 17 heavy (non-hydrogen) atoms. The number of amides is 2. The van der Waals surface area contributed by atoms with Crippen LogP contribution in [0.4, 0.5) is 0 Å². The summed E-state index contributed by atoms with van der Waals surface area (Å²) in [6.07, 6.45) is 0.978. The summed E-state index contributed by atoms with van der Waals surface area (Å²) < 4.78 is 0. The van der Waals surface area contributed by atoms with Gasteiger partial charge >= 0.3 is 0 Å². The highest BCUT2D eigenvalue weighted by molar-refractivity contribution is 5.99. The first-order chi connectivity index (χ1) is 7.60. The first kappa shape index (κ1) is 14.0. The second-order valence-electron chi connectivity index (χ2n) is 6.24. The van der Waals surface area contributed by atoms with Crippen molar-refractivity contribution in [3.05, 3.63) is 0 Å². The van der Waals surface area contributed by atoms with Crippen LogP contribution >= 0.6 is 0 Å². The number of carbonyl (C=O) groups excluding carboxylic acids is 2. The monoisotopic (exact) mass is 240 g/mol. The minimum absolute atomic E-state index is 0.00567. The number of nitrogens with one attached hydrogen (secondary N) is 1. The van der Waals surface area contributed by atoms with Gasteiger partial charge in [-0.15, -0.1) is 0 Å². The predicted molar refractivity (Wildman–Crippen MR) is 67.5 cm³/mol. The van der Waals surface area contributed by atoms with Crippen LogP contribution in [0.2, 0.25) is 0 Å². The molecule has 1 N–H and O–H groups in total. The van der Waals surface area contributed by atoms with Crippen LogP contribution in [-0.4, -0.2) is 34.8 Å². The molecule has 98 valence electrons. The van der Waals surface area contributed by atoms with E-state index in [1.54, 1.807) is 25.7 Å². The van der Waals surface area contributed by atoms with Crippen LogP contribution in [0.25, 0.3) is 0 Å². The van der Waals surface area contributed by atoms with E-state index in [0.717, 1.165) is 6.42 Å². The molecule has 0 aliphatic carbocycles. The summed E-state index contributed by atoms with van der Waals surface area (Å²) in [5, 5.41) is 2.76. The molecule has 0 aromatic carbocycles. The minimum Gasteiger partial charge on any atom is -0.340 e. The smallest absolute Gasteiger partial charge is 0.248 e. The van der Waals surface area contributed by atoms with Crippen LogP contribution in [-0.2, 0) is 9.59 Å². The minimum atomic E-state index is -0.784. The Balaban J connectivity index is 2.95. The summed E-state index contributed by atoms with van der Waals surface area (Å²) in [6.45, 7) is 12.3. The number of carbonyl (C=O) groups is 2. The molecule has 1 rings (SSSR count). The second kappa shape index (κ2) is 4.31. The molecule has 0 radical (unpaired) electrons. The van der Waals surface area contributed by atoms with E-state index < -0.39 is 5.54 Å². The zero-order valence-corrected chi connectivity index (χ0v) is 11.8. The Hall–Kier alpha value is -1.06. The van der Waals surface area contributed by atoms with Gasteiger partial charge in [0.05, 0.1) is 0 Å². The lowest BCUT2D eigenvalue weighted by Crippen LogP contribution is -2.68. The maximum absolute atomic E-state index is 12.3. The highest BCUT2D eigenvalue weighted by Gasteiger charge is 2.44. The average Bonchev–Trinajstić information content (AvgIpc) is 2.21. The first-order valence-electron chi connectivity index (χ1n) is 6.24. The van der Waals surface area contributed by atoms with Crippen molar-refractivity contribution in [2.45, 2.75) is 59.5 Å². The van der Waals surface area contributed by atoms with E-state index in [2.05, 4.69) is 26.1 Å². The van der Waals surface area contributed by atoms with Crippen molar-refractivity contribution >= 4 is 11.8 Å². The van der Waals surface area contributed by atoms with Gasteiger partial charge in [0.25, 0.3) is 0 Å². The van der Waals surface area contributed by atoms with Crippen molar-refractivity contribution in [1.82, 2.24) is 10.2 Å². The summed E-state index contributed by atoms with van der Waals surface area (Å²) in [4.78, 5) is 25.9. The Morgan fingerprint density at radius 1 is 1.35 bits per heavy atom. The number of hydrogen-bond acceptors (Lipinski definition) is 2. The molecule has 0 bridgehead atoms. The number of rotatable bonds is 3. The van der Waals surface area contributed by atoms with Crippen molar-refractivity contribution < 1.29 is 9.59 Å². The fourth-order valence-electron chi connectivity index (χ4n) is 1.92. The van der Waals surface area contributed by atoms with E-state index in [0.29, 0.717) is 6.54 Å². The van der Waals surface area contributed by atoms with Crippen LogP contribution in [0.3, 0.4) is 0 Å². The van der Waals surface area contributed by atoms with Gasteiger partial charge in [-0.25, -0.2) is 0 Å². The lowest BCUT2D eigenvalue weighted by Gasteiger charge is -2.44. The zero-order valence-electron chi connectivity index (χ0n) is 11.8. The molecule has 1 fully saturated rings. The average molecular weight is 240 g/mol.